The van der Waals surface area contributed by atoms with Gasteiger partial charge in [0, 0.05) is 53.2 Å². The van der Waals surface area contributed by atoms with Crippen molar-refractivity contribution >= 4 is 55.3 Å². The number of carbonyl (C=O) groups is 1. The Bertz CT molecular complexity index is 2600. The molecule has 4 atom stereocenters. The van der Waals surface area contributed by atoms with Crippen molar-refractivity contribution < 1.29 is 39.6 Å². The van der Waals surface area contributed by atoms with Crippen LogP contribution in [0.3, 0.4) is 0 Å². The standard InChI is InChI=1S/C34H27ClF6N8O3S/c1-48-27-17(3-4-22(35)24(27)33(46-48)47-53(2,51)52)18-10-14-5-6-43-32(14)44-25(18)20(9-13-7-15(36)11-16(37)8-13)28(31(42)50)49-29-23(26(45-49)30(38)39)19-12-21(19)34(29,40)41/h3-8,10-11,19-21,28,30H,9,12H2,1-2H3,(H2,42,50)(H,43,44)(H,46,47)/t19-,20+,21+,28?/m0/s1. The maximum absolute atomic E-state index is 16.0. The fraction of sp³-hybridized carbons (Fsp3) is 0.294. The van der Waals surface area contributed by atoms with E-state index in [-0.39, 0.29) is 56.2 Å². The molecular formula is C34H27ClF6N8O3S. The molecule has 1 amide bonds. The molecule has 0 saturated heterocycles. The molecule has 2 aliphatic rings. The lowest BCUT2D eigenvalue weighted by Gasteiger charge is -2.29. The summed E-state index contributed by atoms with van der Waals surface area (Å²) in [4.78, 5) is 21.4. The van der Waals surface area contributed by atoms with Crippen molar-refractivity contribution in [3.05, 3.63) is 93.5 Å². The summed E-state index contributed by atoms with van der Waals surface area (Å²) in [6, 6.07) is 6.98. The van der Waals surface area contributed by atoms with E-state index >= 15 is 8.78 Å². The Balaban J connectivity index is 1.43. The predicted octanol–water partition coefficient (Wildman–Crippen LogP) is 6.82. The average molecular weight is 777 g/mol. The molecule has 2 aliphatic carbocycles. The van der Waals surface area contributed by atoms with Gasteiger partial charge in [0.25, 0.3) is 12.3 Å². The third-order valence-electron chi connectivity index (χ3n) is 9.86. The fourth-order valence-corrected chi connectivity index (χ4v) is 8.52. The number of alkyl halides is 4. The van der Waals surface area contributed by atoms with Crippen LogP contribution in [-0.2, 0) is 34.2 Å². The number of aromatic nitrogens is 6. The number of fused-ring (bicyclic) bond motifs is 5. The Labute approximate surface area is 301 Å². The van der Waals surface area contributed by atoms with Crippen LogP contribution < -0.4 is 10.5 Å². The number of aryl methyl sites for hydroxylation is 1. The molecule has 53 heavy (non-hydrogen) atoms. The van der Waals surface area contributed by atoms with E-state index in [1.807, 2.05) is 0 Å². The quantitative estimate of drug-likeness (QED) is 0.130. The summed E-state index contributed by atoms with van der Waals surface area (Å²) in [5.74, 6) is -10.6. The lowest BCUT2D eigenvalue weighted by atomic mass is 9.84. The summed E-state index contributed by atoms with van der Waals surface area (Å²) >= 11 is 6.59. The van der Waals surface area contributed by atoms with Crippen molar-refractivity contribution in [2.24, 2.45) is 18.7 Å². The summed E-state index contributed by atoms with van der Waals surface area (Å²) in [5, 5.41) is 9.06. The zero-order valence-corrected chi connectivity index (χ0v) is 29.1. The number of hydrogen-bond acceptors (Lipinski definition) is 6. The van der Waals surface area contributed by atoms with Crippen LogP contribution in [0.15, 0.2) is 48.7 Å². The topological polar surface area (TPSA) is 154 Å². The lowest BCUT2D eigenvalue weighted by Crippen LogP contribution is -2.37. The number of sulfonamides is 1. The van der Waals surface area contributed by atoms with Crippen LogP contribution in [0.1, 0.15) is 58.9 Å². The third kappa shape index (κ3) is 5.69. The summed E-state index contributed by atoms with van der Waals surface area (Å²) in [5.41, 5.74) is 4.90. The number of nitrogens with one attached hydrogen (secondary N) is 2. The molecule has 0 aliphatic heterocycles. The maximum atomic E-state index is 16.0. The predicted molar refractivity (Wildman–Crippen MR) is 182 cm³/mol. The minimum Gasteiger partial charge on any atom is -0.368 e. The van der Waals surface area contributed by atoms with E-state index in [1.54, 1.807) is 24.4 Å². The van der Waals surface area contributed by atoms with Gasteiger partial charge in [0.05, 0.1) is 27.9 Å². The van der Waals surface area contributed by atoms with Gasteiger partial charge >= 0.3 is 0 Å². The Kier molecular flexibility index (Phi) is 7.89. The molecule has 6 aromatic rings. The summed E-state index contributed by atoms with van der Waals surface area (Å²) in [7, 11) is -2.33. The Morgan fingerprint density at radius 1 is 1.09 bits per heavy atom. The number of carbonyl (C=O) groups excluding carboxylic acids is 1. The molecule has 1 fully saturated rings. The second-order valence-corrected chi connectivity index (χ2v) is 15.6. The molecule has 4 aromatic heterocycles. The maximum Gasteiger partial charge on any atom is 0.293 e. The van der Waals surface area contributed by atoms with Crippen molar-refractivity contribution in [1.29, 1.82) is 0 Å². The number of hydrogen-bond donors (Lipinski definition) is 3. The van der Waals surface area contributed by atoms with Gasteiger partial charge in [-0.2, -0.15) is 19.0 Å². The van der Waals surface area contributed by atoms with Gasteiger partial charge in [-0.15, -0.1) is 0 Å². The highest BCUT2D eigenvalue weighted by molar-refractivity contribution is 7.92. The Morgan fingerprint density at radius 3 is 2.47 bits per heavy atom. The van der Waals surface area contributed by atoms with Crippen LogP contribution in [0.5, 0.6) is 0 Å². The number of nitrogens with zero attached hydrogens (tertiary/aromatic N) is 5. The Morgan fingerprint density at radius 2 is 1.81 bits per heavy atom. The minimum absolute atomic E-state index is 0.0230. The number of aromatic amines is 1. The number of nitrogens with two attached hydrogens (primary N) is 1. The average Bonchev–Trinajstić information content (AvgIpc) is 3.28. The molecule has 0 spiro atoms. The van der Waals surface area contributed by atoms with E-state index in [1.165, 1.54) is 17.8 Å². The molecule has 8 rings (SSSR count). The Hall–Kier alpha value is -5.10. The molecule has 0 bridgehead atoms. The second-order valence-electron chi connectivity index (χ2n) is 13.4. The normalized spacial score (nSPS) is 18.8. The number of halogens is 7. The fourth-order valence-electron chi connectivity index (χ4n) is 7.78. The summed E-state index contributed by atoms with van der Waals surface area (Å²) in [6.07, 6.45) is -1.29. The monoisotopic (exact) mass is 776 g/mol. The van der Waals surface area contributed by atoms with Gasteiger partial charge in [-0.1, -0.05) is 17.7 Å². The number of benzene rings is 2. The van der Waals surface area contributed by atoms with E-state index in [4.69, 9.17) is 22.3 Å². The van der Waals surface area contributed by atoms with E-state index in [0.29, 0.717) is 21.7 Å². The van der Waals surface area contributed by atoms with Gasteiger partial charge in [-0.05, 0) is 54.7 Å². The third-order valence-corrected chi connectivity index (χ3v) is 10.7. The molecule has 4 N–H and O–H groups in total. The minimum atomic E-state index is -3.84. The van der Waals surface area contributed by atoms with Crippen molar-refractivity contribution in [3.63, 3.8) is 0 Å². The van der Waals surface area contributed by atoms with E-state index in [0.717, 1.165) is 18.4 Å². The highest BCUT2D eigenvalue weighted by atomic mass is 35.5. The zero-order chi connectivity index (χ0) is 37.9. The number of pyridine rings is 1. The van der Waals surface area contributed by atoms with Crippen LogP contribution in [0.25, 0.3) is 33.1 Å². The first-order valence-electron chi connectivity index (χ1n) is 16.1. The van der Waals surface area contributed by atoms with Gasteiger partial charge < -0.3 is 10.7 Å². The summed E-state index contributed by atoms with van der Waals surface area (Å²) < 4.78 is 119. The van der Waals surface area contributed by atoms with Gasteiger partial charge in [0.2, 0.25) is 15.9 Å². The number of anilines is 1. The van der Waals surface area contributed by atoms with E-state index in [2.05, 4.69) is 19.9 Å². The number of primary amides is 1. The van der Waals surface area contributed by atoms with Gasteiger partial charge in [-0.3, -0.25) is 14.2 Å². The SMILES string of the molecule is Cn1nc(NS(C)(=O)=O)c2c(Cl)ccc(-c3cc4cc[nH]c4nc3[C@@H](Cc3cc(F)cc(F)c3)C(C(N)=O)n3nc(C(F)F)c4c3C(F)(F)[C@@H]3C[C@H]43)c21. The molecule has 4 heterocycles. The molecular weight excluding hydrogens is 750 g/mol. The van der Waals surface area contributed by atoms with Gasteiger partial charge in [0.1, 0.15) is 34.7 Å². The van der Waals surface area contributed by atoms with Gasteiger partial charge in [-0.25, -0.2) is 35.6 Å². The zero-order valence-electron chi connectivity index (χ0n) is 27.5. The second kappa shape index (κ2) is 12.0. The van der Waals surface area contributed by atoms with Crippen LogP contribution in [-0.4, -0.2) is 50.1 Å². The molecule has 276 valence electrons. The highest BCUT2D eigenvalue weighted by Gasteiger charge is 2.67. The molecule has 19 heteroatoms. The van der Waals surface area contributed by atoms with Crippen molar-refractivity contribution in [1.82, 2.24) is 29.5 Å². The molecule has 1 unspecified atom stereocenters. The molecule has 1 saturated carbocycles. The molecule has 11 nitrogen and oxygen atoms in total. The summed E-state index contributed by atoms with van der Waals surface area (Å²) in [6.45, 7) is 0. The van der Waals surface area contributed by atoms with E-state index < -0.39 is 81.5 Å². The van der Waals surface area contributed by atoms with Gasteiger partial charge in [0.15, 0.2) is 5.82 Å². The lowest BCUT2D eigenvalue weighted by molar-refractivity contribution is -0.122. The first kappa shape index (κ1) is 35.0. The first-order valence-corrected chi connectivity index (χ1v) is 18.4. The number of rotatable bonds is 10. The largest absolute Gasteiger partial charge is 0.368 e. The van der Waals surface area contributed by atoms with Crippen molar-refractivity contribution in [2.75, 3.05) is 11.0 Å². The van der Waals surface area contributed by atoms with Crippen LogP contribution >= 0.6 is 11.6 Å². The smallest absolute Gasteiger partial charge is 0.293 e. The van der Waals surface area contributed by atoms with Crippen LogP contribution in [0.2, 0.25) is 5.02 Å². The van der Waals surface area contributed by atoms with Crippen molar-refractivity contribution in [3.8, 4) is 11.1 Å². The van der Waals surface area contributed by atoms with E-state index in [9.17, 15) is 30.8 Å². The molecule has 2 aromatic carbocycles. The highest BCUT2D eigenvalue weighted by Crippen LogP contribution is 2.68. The first-order chi connectivity index (χ1) is 24.9. The van der Waals surface area contributed by atoms with Crippen molar-refractivity contribution in [2.45, 2.75) is 43.1 Å². The van der Waals surface area contributed by atoms with Crippen LogP contribution in [0.4, 0.5) is 32.2 Å². The molecule has 0 radical (unpaired) electrons. The van der Waals surface area contributed by atoms with Crippen LogP contribution in [0, 0.1) is 17.6 Å². The number of H-pyrrole nitrogens is 1. The number of amides is 1.